The van der Waals surface area contributed by atoms with Gasteiger partial charge in [0.25, 0.3) is 13.4 Å². The fourth-order valence-electron chi connectivity index (χ4n) is 13.0. The van der Waals surface area contributed by atoms with Gasteiger partial charge in [-0.3, -0.25) is 0 Å². The van der Waals surface area contributed by atoms with Crippen molar-refractivity contribution in [1.29, 1.82) is 0 Å². The van der Waals surface area contributed by atoms with Gasteiger partial charge in [0.2, 0.25) is 0 Å². The summed E-state index contributed by atoms with van der Waals surface area (Å²) in [5.74, 6) is 1.83. The minimum Gasteiger partial charge on any atom is -0.458 e. The molecule has 368 valence electrons. The maximum absolute atomic E-state index is 6.96. The first-order valence-corrected chi connectivity index (χ1v) is 28.0. The Kier molecular flexibility index (Phi) is 10.7. The van der Waals surface area contributed by atoms with Crippen LogP contribution in [0.5, 0.6) is 11.5 Å². The zero-order chi connectivity index (χ0) is 52.0. The van der Waals surface area contributed by atoms with E-state index in [1.165, 1.54) is 48.1 Å². The smallest absolute Gasteiger partial charge is 0.253 e. The summed E-state index contributed by atoms with van der Waals surface area (Å²) >= 11 is 1.87. The van der Waals surface area contributed by atoms with Crippen molar-refractivity contribution >= 4 is 109 Å². The maximum atomic E-state index is 6.96. The van der Waals surface area contributed by atoms with E-state index in [2.05, 4.69) is 300 Å². The van der Waals surface area contributed by atoms with E-state index in [0.29, 0.717) is 0 Å². The summed E-state index contributed by atoms with van der Waals surface area (Å²) in [5, 5.41) is 0. The SMILES string of the molecule is c1ccc(-c2cc3c4c(c2)Sc2cc5c(cc2B4c2ccccc2O3)B2c3ccccc3N(c3ccccc3-c3ccccc3)c3cc(N(c4ccccc4)c4ccccc4)cc(c32)N5c2ccccc2-c2ccccc2)cc1. The van der Waals surface area contributed by atoms with Gasteiger partial charge in [-0.15, -0.1) is 0 Å². The average molecular weight is 1020 g/mol. The molecule has 7 heteroatoms. The molecule has 79 heavy (non-hydrogen) atoms. The number of anilines is 9. The lowest BCUT2D eigenvalue weighted by molar-refractivity contribution is 0.486. The van der Waals surface area contributed by atoms with Crippen molar-refractivity contribution in [2.45, 2.75) is 9.79 Å². The van der Waals surface area contributed by atoms with Gasteiger partial charge >= 0.3 is 0 Å². The number of benzene rings is 12. The Bertz CT molecular complexity index is 4310. The number of nitrogens with zero attached hydrogens (tertiary/aromatic N) is 3. The Balaban J connectivity index is 1.03. The average Bonchev–Trinajstić information content (AvgIpc) is 2.95. The molecule has 0 radical (unpaired) electrons. The lowest BCUT2D eigenvalue weighted by Gasteiger charge is -2.46. The van der Waals surface area contributed by atoms with Crippen LogP contribution in [0.25, 0.3) is 33.4 Å². The van der Waals surface area contributed by atoms with Crippen molar-refractivity contribution in [3.8, 4) is 44.9 Å². The fraction of sp³-hybridized carbons (Fsp3) is 0. The summed E-state index contributed by atoms with van der Waals surface area (Å²) in [5.41, 5.74) is 24.5. The van der Waals surface area contributed by atoms with Crippen LogP contribution in [0.1, 0.15) is 0 Å². The van der Waals surface area contributed by atoms with Gasteiger partial charge in [0.15, 0.2) is 0 Å². The van der Waals surface area contributed by atoms with Crippen LogP contribution in [-0.4, -0.2) is 13.4 Å². The van der Waals surface area contributed by atoms with Crippen LogP contribution in [0, 0.1) is 0 Å². The minimum absolute atomic E-state index is 0.0481. The molecule has 0 saturated heterocycles. The van der Waals surface area contributed by atoms with Gasteiger partial charge in [-0.2, -0.15) is 0 Å². The molecule has 0 fully saturated rings. The number of fused-ring (bicyclic) bond motifs is 8. The van der Waals surface area contributed by atoms with E-state index in [9.17, 15) is 0 Å². The second-order valence-electron chi connectivity index (χ2n) is 20.7. The highest BCUT2D eigenvalue weighted by Crippen LogP contribution is 2.52. The number of hydrogen-bond donors (Lipinski definition) is 0. The maximum Gasteiger partial charge on any atom is 0.253 e. The summed E-state index contributed by atoms with van der Waals surface area (Å²) < 4.78 is 6.96. The highest BCUT2D eigenvalue weighted by molar-refractivity contribution is 8.00. The molecule has 0 aromatic heterocycles. The third-order valence-corrected chi connectivity index (χ3v) is 17.4. The minimum atomic E-state index is -0.140. The number of para-hydroxylation sites is 6. The van der Waals surface area contributed by atoms with E-state index >= 15 is 0 Å². The van der Waals surface area contributed by atoms with Gasteiger partial charge in [-0.05, 0) is 128 Å². The quantitative estimate of drug-likeness (QED) is 0.141. The molecule has 0 aliphatic carbocycles. The molecule has 12 aromatic carbocycles. The summed E-state index contributed by atoms with van der Waals surface area (Å²) in [6.07, 6.45) is 0. The van der Waals surface area contributed by atoms with Crippen molar-refractivity contribution in [3.05, 3.63) is 285 Å². The molecule has 12 aromatic rings. The number of ether oxygens (including phenoxy) is 1. The van der Waals surface area contributed by atoms with Gasteiger partial charge in [-0.25, -0.2) is 0 Å². The molecule has 16 rings (SSSR count). The highest BCUT2D eigenvalue weighted by Gasteiger charge is 2.47. The largest absolute Gasteiger partial charge is 0.458 e. The van der Waals surface area contributed by atoms with E-state index in [1.807, 2.05) is 11.8 Å². The normalized spacial score (nSPS) is 13.0. The van der Waals surface area contributed by atoms with Crippen molar-refractivity contribution in [2.24, 2.45) is 0 Å². The molecule has 0 spiro atoms. The first-order chi connectivity index (χ1) is 39.2. The molecular formula is C72H47B2N3OS. The summed E-state index contributed by atoms with van der Waals surface area (Å²) in [6, 6.07) is 105. The van der Waals surface area contributed by atoms with Crippen molar-refractivity contribution < 1.29 is 4.74 Å². The topological polar surface area (TPSA) is 19.0 Å². The summed E-state index contributed by atoms with van der Waals surface area (Å²) in [4.78, 5) is 10.1. The standard InChI is InChI=1S/C72H47B2N3OS/c1-6-24-48(25-7-1)51-42-68-72-70(43-51)79-69-47-64-59(46-60(69)74(72)58-37-19-23-41-67(58)78-68)73-57-36-18-22-40-63(57)76(61-38-20-16-34-55(61)49-26-8-2-9-27-49)65-44-54(75(52-30-12-4-13-31-52)53-32-14-5-15-33-53)45-66(71(65)73)77(64)62-39-21-17-35-56(62)50-28-10-3-11-29-50/h1-47H. The predicted molar refractivity (Wildman–Crippen MR) is 333 cm³/mol. The van der Waals surface area contributed by atoms with Crippen molar-refractivity contribution in [3.63, 3.8) is 0 Å². The molecule has 0 saturated carbocycles. The van der Waals surface area contributed by atoms with Gasteiger partial charge in [0.05, 0.1) is 17.1 Å². The van der Waals surface area contributed by atoms with Gasteiger partial charge in [0, 0.05) is 55.0 Å². The first kappa shape index (κ1) is 45.5. The molecule has 0 bridgehead atoms. The van der Waals surface area contributed by atoms with Crippen LogP contribution < -0.4 is 52.2 Å². The Hall–Kier alpha value is -9.68. The first-order valence-electron chi connectivity index (χ1n) is 27.1. The molecule has 4 heterocycles. The number of hydrogen-bond acceptors (Lipinski definition) is 5. The van der Waals surface area contributed by atoms with Crippen LogP contribution in [0.2, 0.25) is 0 Å². The Morgan fingerprint density at radius 1 is 0.291 bits per heavy atom. The van der Waals surface area contributed by atoms with E-state index < -0.39 is 0 Å². The fourth-order valence-corrected chi connectivity index (χ4v) is 14.2. The third-order valence-electron chi connectivity index (χ3n) is 16.3. The van der Waals surface area contributed by atoms with Gasteiger partial charge < -0.3 is 19.4 Å². The monoisotopic (exact) mass is 1020 g/mol. The molecule has 4 aliphatic rings. The molecule has 4 aliphatic heterocycles. The zero-order valence-corrected chi connectivity index (χ0v) is 43.8. The van der Waals surface area contributed by atoms with Gasteiger partial charge in [-0.1, -0.05) is 223 Å². The number of rotatable bonds is 8. The van der Waals surface area contributed by atoms with E-state index in [0.717, 1.165) is 90.5 Å². The molecule has 0 amide bonds. The van der Waals surface area contributed by atoms with Crippen molar-refractivity contribution in [2.75, 3.05) is 14.7 Å². The lowest BCUT2D eigenvalue weighted by Crippen LogP contribution is -2.64. The molecule has 0 atom stereocenters. The van der Waals surface area contributed by atoms with E-state index in [4.69, 9.17) is 4.74 Å². The molecule has 0 unspecified atom stereocenters. The second-order valence-corrected chi connectivity index (χ2v) is 21.8. The Labute approximate surface area is 465 Å². The predicted octanol–water partition coefficient (Wildman–Crippen LogP) is 15.3. The summed E-state index contributed by atoms with van der Waals surface area (Å²) in [6.45, 7) is -0.188. The van der Waals surface area contributed by atoms with Crippen LogP contribution in [0.15, 0.2) is 295 Å². The van der Waals surface area contributed by atoms with Gasteiger partial charge in [0.1, 0.15) is 11.5 Å². The van der Waals surface area contributed by atoms with Crippen LogP contribution in [-0.2, 0) is 0 Å². The zero-order valence-electron chi connectivity index (χ0n) is 42.9. The Morgan fingerprint density at radius 2 is 0.772 bits per heavy atom. The van der Waals surface area contributed by atoms with Crippen molar-refractivity contribution in [1.82, 2.24) is 0 Å². The van der Waals surface area contributed by atoms with Crippen LogP contribution in [0.3, 0.4) is 0 Å². The molecule has 4 nitrogen and oxygen atoms in total. The second kappa shape index (κ2) is 18.5. The lowest BCUT2D eigenvalue weighted by atomic mass is 9.31. The molecular weight excluding hydrogens is 977 g/mol. The van der Waals surface area contributed by atoms with E-state index in [-0.39, 0.29) is 13.4 Å². The Morgan fingerprint density at radius 3 is 1.38 bits per heavy atom. The van der Waals surface area contributed by atoms with E-state index in [1.54, 1.807) is 0 Å². The third kappa shape index (κ3) is 7.34. The van der Waals surface area contributed by atoms with Crippen LogP contribution >= 0.6 is 11.8 Å². The van der Waals surface area contributed by atoms with Crippen LogP contribution in [0.4, 0.5) is 51.2 Å². The highest BCUT2D eigenvalue weighted by atomic mass is 32.2. The molecule has 0 N–H and O–H groups in total. The summed E-state index contributed by atoms with van der Waals surface area (Å²) in [7, 11) is 0.